The maximum Gasteiger partial charge on any atom is 0.293 e. The van der Waals surface area contributed by atoms with Crippen molar-refractivity contribution in [3.8, 4) is 11.8 Å². The van der Waals surface area contributed by atoms with Crippen LogP contribution in [0.5, 0.6) is 0 Å². The third-order valence-corrected chi connectivity index (χ3v) is 1.86. The minimum atomic E-state index is -0.663. The van der Waals surface area contributed by atoms with Crippen molar-refractivity contribution < 1.29 is 9.59 Å². The fraction of sp³-hybridized carbons (Fsp3) is 0.167. The molecule has 2 N–H and O–H groups in total. The maximum atomic E-state index is 11.3. The van der Waals surface area contributed by atoms with Crippen LogP contribution < -0.4 is 5.73 Å². The summed E-state index contributed by atoms with van der Waals surface area (Å²) in [5, 5.41) is 0. The van der Waals surface area contributed by atoms with Crippen LogP contribution in [-0.2, 0) is 4.79 Å². The number of carbonyl (C=O) groups excluding carboxylic acids is 2. The zero-order chi connectivity index (χ0) is 11.3. The number of amides is 1. The van der Waals surface area contributed by atoms with Gasteiger partial charge in [0.1, 0.15) is 0 Å². The summed E-state index contributed by atoms with van der Waals surface area (Å²) in [5.41, 5.74) is 6.20. The highest BCUT2D eigenvalue weighted by atomic mass is 16.1. The molecule has 0 aromatic heterocycles. The third kappa shape index (κ3) is 3.28. The molecule has 15 heavy (non-hydrogen) atoms. The van der Waals surface area contributed by atoms with Crippen LogP contribution in [0, 0.1) is 11.8 Å². The van der Waals surface area contributed by atoms with Crippen LogP contribution in [0.2, 0.25) is 0 Å². The maximum absolute atomic E-state index is 11.3. The summed E-state index contributed by atoms with van der Waals surface area (Å²) in [4.78, 5) is 21.7. The van der Waals surface area contributed by atoms with E-state index in [0.29, 0.717) is 17.5 Å². The van der Waals surface area contributed by atoms with Crippen LogP contribution in [-0.4, -0.2) is 11.7 Å². The Labute approximate surface area is 88.3 Å². The van der Waals surface area contributed by atoms with Gasteiger partial charge in [-0.25, -0.2) is 0 Å². The molecule has 1 rings (SSSR count). The number of ketones is 1. The average molecular weight is 201 g/mol. The van der Waals surface area contributed by atoms with Crippen LogP contribution in [0.4, 0.5) is 0 Å². The standard InChI is InChI=1S/C12H11NO2/c1-2-11(14)10-6-3-9(4-7-10)5-8-12(13)15/h3-4,6-7H,2H2,1H3,(H2,13,15). The van der Waals surface area contributed by atoms with Crippen LogP contribution in [0.3, 0.4) is 0 Å². The van der Waals surface area contributed by atoms with E-state index in [9.17, 15) is 9.59 Å². The van der Waals surface area contributed by atoms with Gasteiger partial charge in [-0.1, -0.05) is 25.0 Å². The Hall–Kier alpha value is -2.08. The van der Waals surface area contributed by atoms with Gasteiger partial charge in [0.2, 0.25) is 0 Å². The van der Waals surface area contributed by atoms with Gasteiger partial charge in [-0.3, -0.25) is 9.59 Å². The zero-order valence-electron chi connectivity index (χ0n) is 8.41. The molecule has 0 heterocycles. The number of hydrogen-bond donors (Lipinski definition) is 1. The Morgan fingerprint density at radius 1 is 1.27 bits per heavy atom. The molecule has 3 nitrogen and oxygen atoms in total. The lowest BCUT2D eigenvalue weighted by molar-refractivity contribution is -0.112. The van der Waals surface area contributed by atoms with Crippen molar-refractivity contribution in [2.24, 2.45) is 5.73 Å². The number of carbonyl (C=O) groups is 2. The fourth-order valence-corrected chi connectivity index (χ4v) is 1.08. The van der Waals surface area contributed by atoms with Crippen molar-refractivity contribution in [3.05, 3.63) is 35.4 Å². The molecule has 0 bridgehead atoms. The normalized spacial score (nSPS) is 8.87. The fourth-order valence-electron chi connectivity index (χ4n) is 1.08. The van der Waals surface area contributed by atoms with E-state index >= 15 is 0 Å². The second-order valence-electron chi connectivity index (χ2n) is 2.97. The Balaban J connectivity index is 2.87. The lowest BCUT2D eigenvalue weighted by atomic mass is 10.1. The molecule has 0 aliphatic carbocycles. The van der Waals surface area contributed by atoms with Crippen molar-refractivity contribution in [3.63, 3.8) is 0 Å². The summed E-state index contributed by atoms with van der Waals surface area (Å²) in [6.07, 6.45) is 0.478. The van der Waals surface area contributed by atoms with Gasteiger partial charge in [0.15, 0.2) is 5.78 Å². The van der Waals surface area contributed by atoms with Crippen molar-refractivity contribution in [2.75, 3.05) is 0 Å². The summed E-state index contributed by atoms with van der Waals surface area (Å²) >= 11 is 0. The van der Waals surface area contributed by atoms with E-state index in [1.54, 1.807) is 24.3 Å². The first-order valence-corrected chi connectivity index (χ1v) is 4.58. The predicted molar refractivity (Wildman–Crippen MR) is 57.1 cm³/mol. The lowest BCUT2D eigenvalue weighted by Gasteiger charge is -1.96. The second-order valence-corrected chi connectivity index (χ2v) is 2.97. The molecule has 0 spiro atoms. The molecule has 3 heteroatoms. The molecule has 0 unspecified atom stereocenters. The van der Waals surface area contributed by atoms with Crippen LogP contribution >= 0.6 is 0 Å². The van der Waals surface area contributed by atoms with Gasteiger partial charge in [0, 0.05) is 17.5 Å². The van der Waals surface area contributed by atoms with Gasteiger partial charge in [-0.2, -0.15) is 0 Å². The Morgan fingerprint density at radius 3 is 2.33 bits per heavy atom. The Bertz CT molecular complexity index is 435. The molecule has 0 fully saturated rings. The van der Waals surface area contributed by atoms with Crippen LogP contribution in [0.15, 0.2) is 24.3 Å². The molecule has 1 amide bonds. The van der Waals surface area contributed by atoms with E-state index in [2.05, 4.69) is 11.8 Å². The van der Waals surface area contributed by atoms with Gasteiger partial charge in [0.05, 0.1) is 0 Å². The van der Waals surface area contributed by atoms with Crippen LogP contribution in [0.1, 0.15) is 29.3 Å². The van der Waals surface area contributed by atoms with E-state index in [1.165, 1.54) is 0 Å². The minimum absolute atomic E-state index is 0.0874. The van der Waals surface area contributed by atoms with Gasteiger partial charge >= 0.3 is 0 Å². The zero-order valence-corrected chi connectivity index (χ0v) is 8.41. The van der Waals surface area contributed by atoms with Gasteiger partial charge in [0.25, 0.3) is 5.91 Å². The molecular formula is C12H11NO2. The molecule has 0 aliphatic rings. The summed E-state index contributed by atoms with van der Waals surface area (Å²) in [6, 6.07) is 6.77. The van der Waals surface area contributed by atoms with Crippen molar-refractivity contribution in [2.45, 2.75) is 13.3 Å². The molecular weight excluding hydrogens is 190 g/mol. The number of primary amides is 1. The van der Waals surface area contributed by atoms with E-state index in [0.717, 1.165) is 0 Å². The second kappa shape index (κ2) is 4.97. The van der Waals surface area contributed by atoms with Gasteiger partial charge in [-0.05, 0) is 18.1 Å². The molecule has 0 saturated carbocycles. The topological polar surface area (TPSA) is 60.2 Å². The molecule has 1 aromatic rings. The largest absolute Gasteiger partial charge is 0.359 e. The Kier molecular flexibility index (Phi) is 3.64. The molecule has 1 aromatic carbocycles. The first-order valence-electron chi connectivity index (χ1n) is 4.58. The SMILES string of the molecule is CCC(=O)c1ccc(C#CC(N)=O)cc1. The third-order valence-electron chi connectivity index (χ3n) is 1.86. The monoisotopic (exact) mass is 201 g/mol. The van der Waals surface area contributed by atoms with Crippen LogP contribution in [0.25, 0.3) is 0 Å². The molecule has 0 radical (unpaired) electrons. The van der Waals surface area contributed by atoms with Crippen molar-refractivity contribution >= 4 is 11.7 Å². The first-order chi connectivity index (χ1) is 7.13. The number of hydrogen-bond acceptors (Lipinski definition) is 2. The highest BCUT2D eigenvalue weighted by Gasteiger charge is 2.00. The molecule has 0 atom stereocenters. The summed E-state index contributed by atoms with van der Waals surface area (Å²) in [7, 11) is 0. The van der Waals surface area contributed by atoms with Gasteiger partial charge < -0.3 is 5.73 Å². The number of benzene rings is 1. The van der Waals surface area contributed by atoms with Crippen molar-refractivity contribution in [1.29, 1.82) is 0 Å². The molecule has 0 saturated heterocycles. The number of nitrogens with two attached hydrogens (primary N) is 1. The molecule has 76 valence electrons. The lowest BCUT2D eigenvalue weighted by Crippen LogP contribution is -2.06. The summed E-state index contributed by atoms with van der Waals surface area (Å²) in [5.74, 6) is 4.24. The Morgan fingerprint density at radius 2 is 1.87 bits per heavy atom. The predicted octanol–water partition coefficient (Wildman–Crippen LogP) is 1.12. The average Bonchev–Trinajstić information content (AvgIpc) is 2.26. The smallest absolute Gasteiger partial charge is 0.293 e. The first kappa shape index (κ1) is 11.0. The van der Waals surface area contributed by atoms with Crippen molar-refractivity contribution in [1.82, 2.24) is 0 Å². The van der Waals surface area contributed by atoms with E-state index in [4.69, 9.17) is 5.73 Å². The highest BCUT2D eigenvalue weighted by Crippen LogP contribution is 2.05. The van der Waals surface area contributed by atoms with E-state index < -0.39 is 5.91 Å². The molecule has 0 aliphatic heterocycles. The van der Waals surface area contributed by atoms with E-state index in [-0.39, 0.29) is 5.78 Å². The number of Topliss-reactive ketones (excluding diaryl/α,β-unsaturated/α-hetero) is 1. The quantitative estimate of drug-likeness (QED) is 0.575. The minimum Gasteiger partial charge on any atom is -0.359 e. The summed E-state index contributed by atoms with van der Waals surface area (Å²) < 4.78 is 0. The number of rotatable bonds is 2. The van der Waals surface area contributed by atoms with E-state index in [1.807, 2.05) is 6.92 Å². The van der Waals surface area contributed by atoms with Gasteiger partial charge in [-0.15, -0.1) is 0 Å². The summed E-state index contributed by atoms with van der Waals surface area (Å²) in [6.45, 7) is 1.81. The highest BCUT2D eigenvalue weighted by molar-refractivity contribution is 5.96.